The lowest BCUT2D eigenvalue weighted by Crippen LogP contribution is -2.42. The molecule has 0 radical (unpaired) electrons. The van der Waals surface area contributed by atoms with Crippen molar-refractivity contribution in [3.05, 3.63) is 0 Å². The lowest BCUT2D eigenvalue weighted by atomic mass is 9.96. The molecule has 22 heavy (non-hydrogen) atoms. The Kier molecular flexibility index (Phi) is 9.72. The highest BCUT2D eigenvalue weighted by Crippen LogP contribution is 2.15. The van der Waals surface area contributed by atoms with Gasteiger partial charge in [-0.2, -0.15) is 0 Å². The second kappa shape index (κ2) is 9.68. The van der Waals surface area contributed by atoms with Crippen molar-refractivity contribution in [3.63, 3.8) is 0 Å². The number of hydrogen-bond acceptors (Lipinski definition) is 6. The van der Waals surface area contributed by atoms with Crippen LogP contribution in [0, 0.1) is 5.92 Å². The molecule has 7 N–H and O–H groups in total. The third kappa shape index (κ3) is 8.87. The molecule has 0 fully saturated rings. The number of hydrogen-bond donors (Lipinski definition) is 6. The molecule has 0 heterocycles. The van der Waals surface area contributed by atoms with E-state index in [4.69, 9.17) is 31.3 Å². The van der Waals surface area contributed by atoms with E-state index < -0.39 is 48.4 Å². The number of carbonyl (C=O) groups is 4. The van der Waals surface area contributed by atoms with E-state index in [1.807, 2.05) is 13.8 Å². The monoisotopic (exact) mass is 323 g/mol. The molecule has 10 heteroatoms. The van der Waals surface area contributed by atoms with E-state index in [1.165, 1.54) is 0 Å². The van der Waals surface area contributed by atoms with Crippen LogP contribution in [0.1, 0.15) is 33.1 Å². The zero-order chi connectivity index (χ0) is 18.1. The van der Waals surface area contributed by atoms with Crippen LogP contribution < -0.4 is 5.73 Å². The average Bonchev–Trinajstić information content (AvgIpc) is 2.35. The van der Waals surface area contributed by atoms with Crippen molar-refractivity contribution in [1.29, 1.82) is 0 Å². The van der Waals surface area contributed by atoms with Gasteiger partial charge in [0.2, 0.25) is 0 Å². The van der Waals surface area contributed by atoms with Gasteiger partial charge in [-0.25, -0.2) is 4.79 Å². The van der Waals surface area contributed by atoms with Gasteiger partial charge in [-0.1, -0.05) is 20.3 Å². The lowest BCUT2D eigenvalue weighted by molar-refractivity contribution is -0.170. The summed E-state index contributed by atoms with van der Waals surface area (Å²) in [6.45, 7) is 3.76. The maximum atomic E-state index is 10.3. The van der Waals surface area contributed by atoms with E-state index in [-0.39, 0.29) is 5.92 Å². The quantitative estimate of drug-likeness (QED) is 0.329. The third-order valence-electron chi connectivity index (χ3n) is 2.83. The van der Waals surface area contributed by atoms with Gasteiger partial charge in [0.1, 0.15) is 6.04 Å². The van der Waals surface area contributed by atoms with Crippen LogP contribution in [0.2, 0.25) is 0 Å². The Morgan fingerprint density at radius 3 is 1.50 bits per heavy atom. The van der Waals surface area contributed by atoms with Crippen molar-refractivity contribution < 1.29 is 44.7 Å². The number of aliphatic hydroxyl groups is 1. The molecule has 0 aromatic heterocycles. The maximum absolute atomic E-state index is 10.3. The van der Waals surface area contributed by atoms with Crippen LogP contribution in [0.5, 0.6) is 0 Å². The largest absolute Gasteiger partial charge is 0.481 e. The van der Waals surface area contributed by atoms with E-state index in [0.29, 0.717) is 0 Å². The second-order valence-corrected chi connectivity index (χ2v) is 4.73. The minimum Gasteiger partial charge on any atom is -0.481 e. The summed E-state index contributed by atoms with van der Waals surface area (Å²) >= 11 is 0. The van der Waals surface area contributed by atoms with Gasteiger partial charge < -0.3 is 31.3 Å². The van der Waals surface area contributed by atoms with Crippen LogP contribution in [-0.4, -0.2) is 61.1 Å². The molecule has 0 aromatic carbocycles. The molecule has 0 saturated carbocycles. The second-order valence-electron chi connectivity index (χ2n) is 4.73. The smallest absolute Gasteiger partial charge is 0.336 e. The first-order valence-electron chi connectivity index (χ1n) is 6.25. The van der Waals surface area contributed by atoms with Gasteiger partial charge in [0.15, 0.2) is 5.60 Å². The van der Waals surface area contributed by atoms with Gasteiger partial charge in [0.25, 0.3) is 0 Å². The van der Waals surface area contributed by atoms with Crippen LogP contribution >= 0.6 is 0 Å². The fourth-order valence-electron chi connectivity index (χ4n) is 1.21. The predicted molar refractivity (Wildman–Crippen MR) is 72.2 cm³/mol. The summed E-state index contributed by atoms with van der Waals surface area (Å²) in [5.74, 6) is -5.86. The molecule has 0 amide bonds. The van der Waals surface area contributed by atoms with Crippen molar-refractivity contribution in [1.82, 2.24) is 0 Å². The van der Waals surface area contributed by atoms with Gasteiger partial charge in [0, 0.05) is 0 Å². The van der Waals surface area contributed by atoms with E-state index in [0.717, 1.165) is 6.42 Å². The van der Waals surface area contributed by atoms with E-state index >= 15 is 0 Å². The molecule has 0 saturated heterocycles. The zero-order valence-electron chi connectivity index (χ0n) is 12.2. The molecule has 2 atom stereocenters. The number of nitrogens with two attached hydrogens (primary N) is 1. The minimum absolute atomic E-state index is 0.0718. The Bertz CT molecular complexity index is 405. The van der Waals surface area contributed by atoms with Crippen LogP contribution in [0.25, 0.3) is 0 Å². The summed E-state index contributed by atoms with van der Waals surface area (Å²) in [6, 6.07) is -0.699. The van der Waals surface area contributed by atoms with Crippen molar-refractivity contribution in [2.45, 2.75) is 44.8 Å². The molecule has 0 spiro atoms. The fourth-order valence-corrected chi connectivity index (χ4v) is 1.21. The lowest BCUT2D eigenvalue weighted by Gasteiger charge is -2.18. The molecular formula is C12H21NO9. The zero-order valence-corrected chi connectivity index (χ0v) is 12.2. The Morgan fingerprint density at radius 1 is 1.00 bits per heavy atom. The Morgan fingerprint density at radius 2 is 1.36 bits per heavy atom. The normalized spacial score (nSPS) is 13.3. The minimum atomic E-state index is -2.74. The van der Waals surface area contributed by atoms with Gasteiger partial charge in [-0.15, -0.1) is 0 Å². The molecule has 0 bridgehead atoms. The molecular weight excluding hydrogens is 302 g/mol. The first kappa shape index (κ1) is 22.1. The highest BCUT2D eigenvalue weighted by atomic mass is 16.4. The maximum Gasteiger partial charge on any atom is 0.336 e. The van der Waals surface area contributed by atoms with Gasteiger partial charge in [0.05, 0.1) is 12.8 Å². The van der Waals surface area contributed by atoms with E-state index in [2.05, 4.69) is 0 Å². The summed E-state index contributed by atoms with van der Waals surface area (Å²) < 4.78 is 0. The molecule has 0 unspecified atom stereocenters. The summed E-state index contributed by atoms with van der Waals surface area (Å²) in [7, 11) is 0. The topological polar surface area (TPSA) is 195 Å². The van der Waals surface area contributed by atoms with Gasteiger partial charge in [-0.3, -0.25) is 14.4 Å². The standard InChI is InChI=1S/C6H13NO2.C6H8O7/c1-3-4(2)5(7)6(8)9;7-3(8)1-6(13,5(11)12)2-4(9)10/h4-5H,3,7H2,1-2H3,(H,8,9);13H,1-2H2,(H,7,8)(H,9,10)(H,11,12)/t4-,5-;/m0./s1. The van der Waals surface area contributed by atoms with Crippen LogP contribution in [0.15, 0.2) is 0 Å². The molecule has 0 aromatic rings. The van der Waals surface area contributed by atoms with Crippen molar-refractivity contribution in [3.8, 4) is 0 Å². The summed E-state index contributed by atoms with van der Waals surface area (Å²) in [6.07, 6.45) is -1.48. The van der Waals surface area contributed by atoms with Crippen molar-refractivity contribution in [2.75, 3.05) is 0 Å². The van der Waals surface area contributed by atoms with Crippen LogP contribution in [0.3, 0.4) is 0 Å². The van der Waals surface area contributed by atoms with Crippen molar-refractivity contribution >= 4 is 23.9 Å². The molecule has 0 aliphatic rings. The van der Waals surface area contributed by atoms with Crippen molar-refractivity contribution in [2.24, 2.45) is 11.7 Å². The summed E-state index contributed by atoms with van der Waals surface area (Å²) in [5, 5.41) is 42.2. The van der Waals surface area contributed by atoms with Gasteiger partial charge in [-0.05, 0) is 5.92 Å². The number of aliphatic carboxylic acids is 4. The van der Waals surface area contributed by atoms with E-state index in [1.54, 1.807) is 0 Å². The van der Waals surface area contributed by atoms with Crippen LogP contribution in [-0.2, 0) is 19.2 Å². The highest BCUT2D eigenvalue weighted by Gasteiger charge is 2.40. The molecule has 0 rings (SSSR count). The first-order chi connectivity index (χ1) is 9.87. The third-order valence-corrected chi connectivity index (χ3v) is 2.83. The molecule has 0 aliphatic carbocycles. The molecule has 0 aliphatic heterocycles. The Balaban J connectivity index is 0. The predicted octanol–water partition coefficient (Wildman–Crippen LogP) is -0.804. The van der Waals surface area contributed by atoms with E-state index in [9.17, 15) is 19.2 Å². The Hall–Kier alpha value is -2.20. The number of rotatable bonds is 8. The molecule has 128 valence electrons. The van der Waals surface area contributed by atoms with Gasteiger partial charge >= 0.3 is 23.9 Å². The first-order valence-corrected chi connectivity index (χ1v) is 6.25. The molecule has 10 nitrogen and oxygen atoms in total. The number of carboxylic acid groups (broad SMARTS) is 4. The highest BCUT2D eigenvalue weighted by molar-refractivity contribution is 5.88. The SMILES string of the molecule is CC[C@H](C)[C@H](N)C(=O)O.O=C(O)CC(O)(CC(=O)O)C(=O)O. The average molecular weight is 323 g/mol. The van der Waals surface area contributed by atoms with Crippen LogP contribution in [0.4, 0.5) is 0 Å². The Labute approximate surface area is 126 Å². The fraction of sp³-hybridized carbons (Fsp3) is 0.667. The summed E-state index contributed by atoms with van der Waals surface area (Å²) in [5.41, 5.74) is 2.53. The number of carboxylic acids is 4. The summed E-state index contributed by atoms with van der Waals surface area (Å²) in [4.78, 5) is 40.7.